The Bertz CT molecular complexity index is 1160. The fourth-order valence-corrected chi connectivity index (χ4v) is 5.02. The zero-order valence-corrected chi connectivity index (χ0v) is 20.0. The number of carbonyl (C=O) groups is 2. The summed E-state index contributed by atoms with van der Waals surface area (Å²) < 4.78 is 10.5. The zero-order valence-electron chi connectivity index (χ0n) is 19.2. The number of hydrogen-bond donors (Lipinski definition) is 1. The maximum atomic E-state index is 13.0. The molecule has 0 saturated carbocycles. The Morgan fingerprint density at radius 1 is 1.27 bits per heavy atom. The van der Waals surface area contributed by atoms with E-state index in [1.807, 2.05) is 37.1 Å². The van der Waals surface area contributed by atoms with Gasteiger partial charge in [0.25, 0.3) is 0 Å². The van der Waals surface area contributed by atoms with Crippen molar-refractivity contribution in [3.05, 3.63) is 81.4 Å². The minimum absolute atomic E-state index is 0.135. The predicted molar refractivity (Wildman–Crippen MR) is 128 cm³/mol. The van der Waals surface area contributed by atoms with Crippen LogP contribution in [0.2, 0.25) is 0 Å². The van der Waals surface area contributed by atoms with Gasteiger partial charge in [-0.1, -0.05) is 42.4 Å². The Hall–Kier alpha value is -3.26. The van der Waals surface area contributed by atoms with E-state index in [0.717, 1.165) is 27.6 Å². The Kier molecular flexibility index (Phi) is 6.74. The number of methoxy groups -OCH3 is 1. The molecule has 0 aliphatic carbocycles. The average molecular weight is 466 g/mol. The van der Waals surface area contributed by atoms with E-state index in [2.05, 4.69) is 23.5 Å². The van der Waals surface area contributed by atoms with Gasteiger partial charge in [-0.05, 0) is 48.9 Å². The summed E-state index contributed by atoms with van der Waals surface area (Å²) in [4.78, 5) is 32.5. The van der Waals surface area contributed by atoms with Gasteiger partial charge in [-0.2, -0.15) is 0 Å². The number of allylic oxidation sites excluding steroid dienone is 1. The molecule has 0 bridgehead atoms. The summed E-state index contributed by atoms with van der Waals surface area (Å²) in [7, 11) is 1.39. The second kappa shape index (κ2) is 9.70. The Morgan fingerprint density at radius 3 is 2.79 bits per heavy atom. The molecule has 8 heteroatoms. The lowest BCUT2D eigenvalue weighted by Crippen LogP contribution is -2.38. The predicted octanol–water partition coefficient (Wildman–Crippen LogP) is 4.74. The number of fused-ring (bicyclic) bond motifs is 1. The SMILES string of the molecule is CCC1=C(C(=O)OC)[C@@H](c2cc(C)ccc2C)N2C(CC(=O)NCc3ccco3)=CSC2=N1. The molecular formula is C25H27N3O4S. The number of ether oxygens (including phenoxy) is 1. The van der Waals surface area contributed by atoms with Crippen molar-refractivity contribution in [1.29, 1.82) is 0 Å². The van der Waals surface area contributed by atoms with Gasteiger partial charge in [-0.25, -0.2) is 9.79 Å². The number of hydrogen-bond acceptors (Lipinski definition) is 7. The number of nitrogens with zero attached hydrogens (tertiary/aromatic N) is 2. The Balaban J connectivity index is 1.69. The molecule has 1 amide bonds. The van der Waals surface area contributed by atoms with E-state index >= 15 is 0 Å². The molecule has 33 heavy (non-hydrogen) atoms. The molecule has 172 valence electrons. The van der Waals surface area contributed by atoms with E-state index in [1.54, 1.807) is 12.3 Å². The van der Waals surface area contributed by atoms with Crippen molar-refractivity contribution >= 4 is 28.8 Å². The molecule has 1 N–H and O–H groups in total. The van der Waals surface area contributed by atoms with Gasteiger partial charge in [0.2, 0.25) is 5.91 Å². The summed E-state index contributed by atoms with van der Waals surface area (Å²) in [5, 5.41) is 5.60. The first-order chi connectivity index (χ1) is 15.9. The summed E-state index contributed by atoms with van der Waals surface area (Å²) in [6, 6.07) is 9.39. The molecule has 2 aliphatic rings. The number of aryl methyl sites for hydroxylation is 2. The monoisotopic (exact) mass is 465 g/mol. The van der Waals surface area contributed by atoms with Crippen molar-refractivity contribution in [3.8, 4) is 0 Å². The number of furan rings is 1. The largest absolute Gasteiger partial charge is 0.467 e. The number of nitrogens with one attached hydrogen (secondary N) is 1. The molecule has 0 spiro atoms. The van der Waals surface area contributed by atoms with Gasteiger partial charge in [0.05, 0.1) is 43.7 Å². The lowest BCUT2D eigenvalue weighted by molar-refractivity contribution is -0.136. The zero-order chi connectivity index (χ0) is 23.5. The minimum atomic E-state index is -0.418. The highest BCUT2D eigenvalue weighted by Gasteiger charge is 2.42. The first-order valence-electron chi connectivity index (χ1n) is 10.8. The van der Waals surface area contributed by atoms with E-state index in [-0.39, 0.29) is 12.3 Å². The number of aliphatic imine (C=N–C) groups is 1. The quantitative estimate of drug-likeness (QED) is 0.595. The molecule has 2 aromatic rings. The van der Waals surface area contributed by atoms with E-state index < -0.39 is 12.0 Å². The lowest BCUT2D eigenvalue weighted by Gasteiger charge is -2.37. The molecule has 0 saturated heterocycles. The summed E-state index contributed by atoms with van der Waals surface area (Å²) in [5.41, 5.74) is 5.17. The second-order valence-corrected chi connectivity index (χ2v) is 8.83. The normalized spacial score (nSPS) is 17.5. The lowest BCUT2D eigenvalue weighted by atomic mass is 9.89. The van der Waals surface area contributed by atoms with Crippen LogP contribution in [0, 0.1) is 13.8 Å². The molecule has 0 radical (unpaired) electrons. The molecule has 3 heterocycles. The van der Waals surface area contributed by atoms with Crippen molar-refractivity contribution < 1.29 is 18.7 Å². The van der Waals surface area contributed by atoms with Crippen LogP contribution < -0.4 is 5.32 Å². The van der Waals surface area contributed by atoms with Crippen LogP contribution in [-0.4, -0.2) is 29.1 Å². The van der Waals surface area contributed by atoms with Crippen molar-refractivity contribution in [1.82, 2.24) is 10.2 Å². The third-order valence-electron chi connectivity index (χ3n) is 5.74. The Morgan fingerprint density at radius 2 is 2.09 bits per heavy atom. The van der Waals surface area contributed by atoms with Gasteiger partial charge in [0.15, 0.2) is 5.17 Å². The molecule has 2 aliphatic heterocycles. The van der Waals surface area contributed by atoms with Crippen LogP contribution >= 0.6 is 11.8 Å². The minimum Gasteiger partial charge on any atom is -0.467 e. The van der Waals surface area contributed by atoms with Crippen molar-refractivity contribution in [3.63, 3.8) is 0 Å². The first-order valence-corrected chi connectivity index (χ1v) is 11.7. The summed E-state index contributed by atoms with van der Waals surface area (Å²) in [5.74, 6) is 0.151. The molecule has 4 rings (SSSR count). The van der Waals surface area contributed by atoms with Gasteiger partial charge in [-0.3, -0.25) is 4.79 Å². The summed E-state index contributed by atoms with van der Waals surface area (Å²) in [6.07, 6.45) is 2.33. The van der Waals surface area contributed by atoms with Gasteiger partial charge >= 0.3 is 5.97 Å². The van der Waals surface area contributed by atoms with Gasteiger partial charge in [-0.15, -0.1) is 0 Å². The molecule has 0 fully saturated rings. The van der Waals surface area contributed by atoms with Crippen LogP contribution in [-0.2, 0) is 20.9 Å². The summed E-state index contributed by atoms with van der Waals surface area (Å²) >= 11 is 1.47. The highest BCUT2D eigenvalue weighted by molar-refractivity contribution is 8.16. The molecule has 1 aromatic carbocycles. The van der Waals surface area contributed by atoms with Crippen LogP contribution in [0.4, 0.5) is 0 Å². The fourth-order valence-electron chi connectivity index (χ4n) is 4.09. The standard InChI is InChI=1S/C25H27N3O4S/c1-5-20-22(24(30)31-4)23(19-11-15(2)8-9-16(19)3)28-17(14-33-25(28)27-20)12-21(29)26-13-18-7-6-10-32-18/h6-11,14,23H,5,12-13H2,1-4H3,(H,26,29)/t23-/m1/s1. The third-order valence-corrected chi connectivity index (χ3v) is 6.63. The topological polar surface area (TPSA) is 84.1 Å². The third kappa shape index (κ3) is 4.61. The van der Waals surface area contributed by atoms with E-state index in [1.165, 1.54) is 18.9 Å². The fraction of sp³-hybridized carbons (Fsp3) is 0.320. The molecular weight excluding hydrogens is 438 g/mol. The molecule has 1 aromatic heterocycles. The number of carbonyl (C=O) groups excluding carboxylic acids is 2. The maximum absolute atomic E-state index is 13.0. The van der Waals surface area contributed by atoms with Crippen LogP contribution in [0.15, 0.2) is 68.4 Å². The molecule has 1 atom stereocenters. The smallest absolute Gasteiger partial charge is 0.338 e. The van der Waals surface area contributed by atoms with Gasteiger partial charge in [0.1, 0.15) is 5.76 Å². The van der Waals surface area contributed by atoms with Crippen LogP contribution in [0.25, 0.3) is 0 Å². The molecule has 7 nitrogen and oxygen atoms in total. The number of amidine groups is 1. The Labute approximate surface area is 197 Å². The molecule has 0 unspecified atom stereocenters. The van der Waals surface area contributed by atoms with Crippen LogP contribution in [0.5, 0.6) is 0 Å². The maximum Gasteiger partial charge on any atom is 0.338 e. The van der Waals surface area contributed by atoms with Gasteiger partial charge in [0, 0.05) is 5.70 Å². The number of thioether (sulfide) groups is 1. The van der Waals surface area contributed by atoms with E-state index in [4.69, 9.17) is 14.1 Å². The average Bonchev–Trinajstić information content (AvgIpc) is 3.47. The van der Waals surface area contributed by atoms with Crippen molar-refractivity contribution in [2.75, 3.05) is 7.11 Å². The number of benzene rings is 1. The van der Waals surface area contributed by atoms with E-state index in [0.29, 0.717) is 30.0 Å². The van der Waals surface area contributed by atoms with Crippen molar-refractivity contribution in [2.24, 2.45) is 4.99 Å². The number of amides is 1. The number of rotatable bonds is 7. The first kappa shape index (κ1) is 22.9. The van der Waals surface area contributed by atoms with Crippen LogP contribution in [0.3, 0.4) is 0 Å². The van der Waals surface area contributed by atoms with Gasteiger partial charge < -0.3 is 19.4 Å². The van der Waals surface area contributed by atoms with E-state index in [9.17, 15) is 9.59 Å². The highest BCUT2D eigenvalue weighted by atomic mass is 32.2. The highest BCUT2D eigenvalue weighted by Crippen LogP contribution is 2.46. The van der Waals surface area contributed by atoms with Crippen LogP contribution in [0.1, 0.15) is 48.3 Å². The summed E-state index contributed by atoms with van der Waals surface area (Å²) in [6.45, 7) is 6.36. The second-order valence-electron chi connectivity index (χ2n) is 7.99. The van der Waals surface area contributed by atoms with Crippen molar-refractivity contribution in [2.45, 2.75) is 46.2 Å². The number of esters is 1.